The number of benzene rings is 1. The second-order valence-electron chi connectivity index (χ2n) is 4.92. The summed E-state index contributed by atoms with van der Waals surface area (Å²) in [5, 5.41) is 4.83. The minimum Gasteiger partial charge on any atom is -0.310 e. The predicted octanol–water partition coefficient (Wildman–Crippen LogP) is 4.29. The van der Waals surface area contributed by atoms with Gasteiger partial charge in [0, 0.05) is 23.0 Å². The van der Waals surface area contributed by atoms with Gasteiger partial charge in [-0.05, 0) is 49.8 Å². The van der Waals surface area contributed by atoms with E-state index in [-0.39, 0.29) is 0 Å². The molecule has 1 nitrogen and oxygen atoms in total. The van der Waals surface area contributed by atoms with Crippen LogP contribution in [0.25, 0.3) is 0 Å². The lowest BCUT2D eigenvalue weighted by Gasteiger charge is -2.26. The second kappa shape index (κ2) is 6.08. The first-order chi connectivity index (χ1) is 8.15. The van der Waals surface area contributed by atoms with Gasteiger partial charge in [0.15, 0.2) is 0 Å². The zero-order valence-electron chi connectivity index (χ0n) is 10.2. The van der Waals surface area contributed by atoms with Crippen LogP contribution in [0.15, 0.2) is 18.2 Å². The van der Waals surface area contributed by atoms with Crippen molar-refractivity contribution in [1.29, 1.82) is 0 Å². The van der Waals surface area contributed by atoms with E-state index < -0.39 is 0 Å². The van der Waals surface area contributed by atoms with Crippen molar-refractivity contribution < 1.29 is 0 Å². The van der Waals surface area contributed by atoms with E-state index in [4.69, 9.17) is 23.2 Å². The Morgan fingerprint density at radius 2 is 1.94 bits per heavy atom. The molecule has 0 radical (unpaired) electrons. The monoisotopic (exact) mass is 271 g/mol. The van der Waals surface area contributed by atoms with Crippen molar-refractivity contribution in [3.05, 3.63) is 34.3 Å². The lowest BCUT2D eigenvalue weighted by molar-refractivity contribution is 0.376. The molecule has 0 heterocycles. The number of hydrogen-bond acceptors (Lipinski definition) is 1. The maximum Gasteiger partial charge on any atom is 0.0453 e. The van der Waals surface area contributed by atoms with Crippen LogP contribution < -0.4 is 5.32 Å². The molecular formula is C14H19Cl2N. The van der Waals surface area contributed by atoms with Crippen LogP contribution in [0.4, 0.5) is 0 Å². The predicted molar refractivity (Wildman–Crippen MR) is 74.9 cm³/mol. The summed E-state index contributed by atoms with van der Waals surface area (Å²) in [5.74, 6) is 0. The van der Waals surface area contributed by atoms with Gasteiger partial charge in [-0.15, -0.1) is 11.6 Å². The highest BCUT2D eigenvalue weighted by atomic mass is 35.5. The van der Waals surface area contributed by atoms with E-state index in [9.17, 15) is 0 Å². The number of halogens is 2. The molecule has 1 aliphatic carbocycles. The molecule has 0 aromatic heterocycles. The highest BCUT2D eigenvalue weighted by molar-refractivity contribution is 6.31. The van der Waals surface area contributed by atoms with E-state index in [1.807, 2.05) is 6.07 Å². The molecular weight excluding hydrogens is 253 g/mol. The summed E-state index contributed by atoms with van der Waals surface area (Å²) in [5.41, 5.74) is 2.40. The van der Waals surface area contributed by atoms with Crippen LogP contribution in [0, 0.1) is 6.92 Å². The average Bonchev–Trinajstić information content (AvgIpc) is 2.30. The zero-order chi connectivity index (χ0) is 12.3. The quantitative estimate of drug-likeness (QED) is 0.809. The normalized spacial score (nSPS) is 24.9. The Balaban J connectivity index is 1.85. The molecule has 1 saturated carbocycles. The fourth-order valence-electron chi connectivity index (χ4n) is 2.31. The van der Waals surface area contributed by atoms with Gasteiger partial charge in [-0.3, -0.25) is 0 Å². The van der Waals surface area contributed by atoms with Gasteiger partial charge in [0.05, 0.1) is 0 Å². The fourth-order valence-corrected chi connectivity index (χ4v) is 2.86. The van der Waals surface area contributed by atoms with E-state index in [1.165, 1.54) is 24.0 Å². The van der Waals surface area contributed by atoms with Crippen LogP contribution >= 0.6 is 23.2 Å². The molecule has 3 heteroatoms. The molecule has 1 aromatic rings. The van der Waals surface area contributed by atoms with Gasteiger partial charge < -0.3 is 5.32 Å². The Kier molecular flexibility index (Phi) is 4.72. The Bertz CT molecular complexity index is 370. The Morgan fingerprint density at radius 3 is 2.59 bits per heavy atom. The van der Waals surface area contributed by atoms with Crippen molar-refractivity contribution in [3.8, 4) is 0 Å². The van der Waals surface area contributed by atoms with Gasteiger partial charge in [-0.25, -0.2) is 0 Å². The third-order valence-electron chi connectivity index (χ3n) is 3.45. The highest BCUT2D eigenvalue weighted by Gasteiger charge is 2.18. The summed E-state index contributed by atoms with van der Waals surface area (Å²) in [7, 11) is 0. The summed E-state index contributed by atoms with van der Waals surface area (Å²) < 4.78 is 0. The number of nitrogens with one attached hydrogen (secondary N) is 1. The van der Waals surface area contributed by atoms with Crippen molar-refractivity contribution in [2.24, 2.45) is 0 Å². The molecule has 0 aliphatic heterocycles. The minimum atomic E-state index is 0.385. The maximum absolute atomic E-state index is 6.21. The van der Waals surface area contributed by atoms with Gasteiger partial charge in [0.25, 0.3) is 0 Å². The van der Waals surface area contributed by atoms with Crippen LogP contribution in [0.3, 0.4) is 0 Å². The summed E-state index contributed by atoms with van der Waals surface area (Å²) in [6.45, 7) is 2.92. The molecule has 0 saturated heterocycles. The van der Waals surface area contributed by atoms with Crippen molar-refractivity contribution in [2.75, 3.05) is 0 Å². The van der Waals surface area contributed by atoms with Crippen molar-refractivity contribution in [2.45, 2.75) is 50.6 Å². The summed E-state index contributed by atoms with van der Waals surface area (Å²) in [6.07, 6.45) is 4.61. The van der Waals surface area contributed by atoms with Gasteiger partial charge in [0.1, 0.15) is 0 Å². The minimum absolute atomic E-state index is 0.385. The topological polar surface area (TPSA) is 12.0 Å². The molecule has 0 atom stereocenters. The number of hydrogen-bond donors (Lipinski definition) is 1. The number of aryl methyl sites for hydroxylation is 1. The Labute approximate surface area is 114 Å². The van der Waals surface area contributed by atoms with E-state index in [2.05, 4.69) is 24.4 Å². The molecule has 0 spiro atoms. The molecule has 17 heavy (non-hydrogen) atoms. The van der Waals surface area contributed by atoms with Gasteiger partial charge in [-0.2, -0.15) is 0 Å². The summed E-state index contributed by atoms with van der Waals surface area (Å²) >= 11 is 12.3. The van der Waals surface area contributed by atoms with E-state index >= 15 is 0 Å². The number of alkyl halides is 1. The van der Waals surface area contributed by atoms with Crippen LogP contribution in [0.5, 0.6) is 0 Å². The van der Waals surface area contributed by atoms with Crippen molar-refractivity contribution in [3.63, 3.8) is 0 Å². The lowest BCUT2D eigenvalue weighted by Crippen LogP contribution is -2.33. The SMILES string of the molecule is Cc1ccc(CNC2CCC(Cl)CC2)c(Cl)c1. The van der Waals surface area contributed by atoms with Crippen LogP contribution in [0.2, 0.25) is 5.02 Å². The van der Waals surface area contributed by atoms with Crippen molar-refractivity contribution in [1.82, 2.24) is 5.32 Å². The second-order valence-corrected chi connectivity index (χ2v) is 5.95. The molecule has 1 N–H and O–H groups in total. The average molecular weight is 272 g/mol. The smallest absolute Gasteiger partial charge is 0.0453 e. The first kappa shape index (κ1) is 13.2. The Hall–Kier alpha value is -0.240. The lowest BCUT2D eigenvalue weighted by atomic mass is 9.95. The van der Waals surface area contributed by atoms with Gasteiger partial charge in [-0.1, -0.05) is 23.7 Å². The molecule has 0 bridgehead atoms. The molecule has 1 aliphatic rings. The third-order valence-corrected chi connectivity index (χ3v) is 4.23. The molecule has 1 fully saturated rings. The summed E-state index contributed by atoms with van der Waals surface area (Å²) in [4.78, 5) is 0. The van der Waals surface area contributed by atoms with Gasteiger partial charge in [0.2, 0.25) is 0 Å². The number of rotatable bonds is 3. The van der Waals surface area contributed by atoms with E-state index in [0.717, 1.165) is 24.4 Å². The van der Waals surface area contributed by atoms with Crippen molar-refractivity contribution >= 4 is 23.2 Å². The molecule has 0 unspecified atom stereocenters. The van der Waals surface area contributed by atoms with Gasteiger partial charge >= 0.3 is 0 Å². The third kappa shape index (κ3) is 3.87. The zero-order valence-corrected chi connectivity index (χ0v) is 11.7. The Morgan fingerprint density at radius 1 is 1.24 bits per heavy atom. The first-order valence-electron chi connectivity index (χ1n) is 6.27. The maximum atomic E-state index is 6.21. The highest BCUT2D eigenvalue weighted by Crippen LogP contribution is 2.24. The molecule has 2 rings (SSSR count). The molecule has 94 valence electrons. The van der Waals surface area contributed by atoms with Crippen LogP contribution in [-0.4, -0.2) is 11.4 Å². The summed E-state index contributed by atoms with van der Waals surface area (Å²) in [6, 6.07) is 6.84. The molecule has 0 amide bonds. The first-order valence-corrected chi connectivity index (χ1v) is 7.09. The van der Waals surface area contributed by atoms with Crippen LogP contribution in [0.1, 0.15) is 36.8 Å². The largest absolute Gasteiger partial charge is 0.310 e. The fraction of sp³-hybridized carbons (Fsp3) is 0.571. The molecule has 1 aromatic carbocycles. The standard InChI is InChI=1S/C14H19Cl2N/c1-10-2-3-11(14(16)8-10)9-17-13-6-4-12(15)5-7-13/h2-3,8,12-13,17H,4-7,9H2,1H3. The van der Waals surface area contributed by atoms with E-state index in [1.54, 1.807) is 0 Å². The van der Waals surface area contributed by atoms with Crippen LogP contribution in [-0.2, 0) is 6.54 Å². The van der Waals surface area contributed by atoms with E-state index in [0.29, 0.717) is 11.4 Å².